The second-order valence-corrected chi connectivity index (χ2v) is 8.47. The van der Waals surface area contributed by atoms with Gasteiger partial charge in [-0.1, -0.05) is 61.2 Å². The van der Waals surface area contributed by atoms with E-state index in [1.54, 1.807) is 24.3 Å². The van der Waals surface area contributed by atoms with Crippen molar-refractivity contribution in [2.45, 2.75) is 18.6 Å². The number of nitrogens with zero attached hydrogens (tertiary/aromatic N) is 2. The minimum Gasteiger partial charge on any atom is -0.468 e. The summed E-state index contributed by atoms with van der Waals surface area (Å²) in [6, 6.07) is 22.8. The van der Waals surface area contributed by atoms with Crippen LogP contribution >= 0.6 is 0 Å². The summed E-state index contributed by atoms with van der Waals surface area (Å²) in [6.45, 7) is 3.48. The van der Waals surface area contributed by atoms with E-state index in [1.807, 2.05) is 36.4 Å². The normalized spacial score (nSPS) is 21.1. The number of ether oxygens (including phenoxy) is 2. The Kier molecular flexibility index (Phi) is 7.64. The van der Waals surface area contributed by atoms with E-state index in [-0.39, 0.29) is 18.7 Å². The molecule has 0 radical (unpaired) electrons. The van der Waals surface area contributed by atoms with Gasteiger partial charge in [0.05, 0.1) is 17.7 Å². The number of para-hydroxylation sites is 1. The summed E-state index contributed by atoms with van der Waals surface area (Å²) in [6.07, 6.45) is 0.600. The van der Waals surface area contributed by atoms with Gasteiger partial charge in [-0.2, -0.15) is 0 Å². The molecule has 1 heterocycles. The molecular formula is C28H26N2O7. The molecule has 1 fully saturated rings. The molecule has 9 heteroatoms. The zero-order valence-electron chi connectivity index (χ0n) is 20.2. The third-order valence-corrected chi connectivity index (χ3v) is 6.30. The summed E-state index contributed by atoms with van der Waals surface area (Å²) in [5, 5.41) is 12.8. The van der Waals surface area contributed by atoms with Crippen LogP contribution in [0.25, 0.3) is 0 Å². The first-order valence-electron chi connectivity index (χ1n) is 11.6. The average Bonchev–Trinajstić information content (AvgIpc) is 2.95. The number of anilines is 1. The quantitative estimate of drug-likeness (QED) is 0.138. The van der Waals surface area contributed by atoms with Crippen LogP contribution in [0.1, 0.15) is 29.7 Å². The fourth-order valence-corrected chi connectivity index (χ4v) is 4.59. The zero-order valence-corrected chi connectivity index (χ0v) is 20.2. The summed E-state index contributed by atoms with van der Waals surface area (Å²) in [7, 11) is 1.21. The topological polar surface area (TPSA) is 108 Å². The summed E-state index contributed by atoms with van der Waals surface area (Å²) >= 11 is 0. The zero-order chi connectivity index (χ0) is 26.4. The van der Waals surface area contributed by atoms with E-state index in [0.29, 0.717) is 11.3 Å². The number of non-ortho nitro benzene ring substituents is 1. The monoisotopic (exact) mass is 502 g/mol. The lowest BCUT2D eigenvalue weighted by Gasteiger charge is -2.49. The van der Waals surface area contributed by atoms with Crippen LogP contribution in [0.5, 0.6) is 0 Å². The van der Waals surface area contributed by atoms with Gasteiger partial charge >= 0.3 is 11.9 Å². The van der Waals surface area contributed by atoms with Crippen LogP contribution in [0.15, 0.2) is 97.6 Å². The maximum absolute atomic E-state index is 13.8. The number of rotatable bonds is 8. The van der Waals surface area contributed by atoms with Gasteiger partial charge in [0.2, 0.25) is 0 Å². The van der Waals surface area contributed by atoms with Gasteiger partial charge in [-0.3, -0.25) is 24.5 Å². The minimum atomic E-state index is -1.89. The molecule has 1 saturated heterocycles. The van der Waals surface area contributed by atoms with Gasteiger partial charge in [0, 0.05) is 18.6 Å². The first-order valence-corrected chi connectivity index (χ1v) is 11.6. The number of nitro groups is 1. The second-order valence-electron chi connectivity index (χ2n) is 8.47. The van der Waals surface area contributed by atoms with E-state index >= 15 is 0 Å². The number of hydrogen-bond donors (Lipinski definition) is 0. The number of methoxy groups -OCH3 is 1. The Labute approximate surface area is 214 Å². The third kappa shape index (κ3) is 4.94. The lowest BCUT2D eigenvalue weighted by Crippen LogP contribution is -2.57. The number of hydroxylamine groups is 1. The highest BCUT2D eigenvalue weighted by Crippen LogP contribution is 2.54. The summed E-state index contributed by atoms with van der Waals surface area (Å²) in [4.78, 5) is 44.7. The highest BCUT2D eigenvalue weighted by Gasteiger charge is 2.62. The van der Waals surface area contributed by atoms with Gasteiger partial charge in [-0.25, -0.2) is 5.06 Å². The summed E-state index contributed by atoms with van der Waals surface area (Å²) in [5.74, 6) is -1.62. The Bertz CT molecular complexity index is 1260. The van der Waals surface area contributed by atoms with E-state index in [1.165, 1.54) is 42.5 Å². The number of esters is 2. The van der Waals surface area contributed by atoms with Gasteiger partial charge in [-0.15, -0.1) is 0 Å². The lowest BCUT2D eigenvalue weighted by molar-refractivity contribution is -0.384. The smallest absolute Gasteiger partial charge is 0.326 e. The Morgan fingerprint density at radius 1 is 1.03 bits per heavy atom. The predicted molar refractivity (Wildman–Crippen MR) is 135 cm³/mol. The summed E-state index contributed by atoms with van der Waals surface area (Å²) < 4.78 is 10.7. The molecule has 3 aromatic carbocycles. The van der Waals surface area contributed by atoms with Crippen molar-refractivity contribution < 1.29 is 28.8 Å². The number of carbonyl (C=O) groups excluding carboxylic acids is 2. The first kappa shape index (κ1) is 25.6. The highest BCUT2D eigenvalue weighted by atomic mass is 16.7. The number of nitro benzene ring substituents is 1. The van der Waals surface area contributed by atoms with Crippen LogP contribution in [0.2, 0.25) is 0 Å². The van der Waals surface area contributed by atoms with E-state index in [9.17, 15) is 19.7 Å². The van der Waals surface area contributed by atoms with Crippen molar-refractivity contribution in [3.8, 4) is 0 Å². The van der Waals surface area contributed by atoms with Gasteiger partial charge in [0.1, 0.15) is 18.8 Å². The van der Waals surface area contributed by atoms with Crippen molar-refractivity contribution in [2.24, 2.45) is 5.41 Å². The molecule has 3 atom stereocenters. The fourth-order valence-electron chi connectivity index (χ4n) is 4.59. The molecule has 0 spiro atoms. The molecule has 0 bridgehead atoms. The molecule has 190 valence electrons. The van der Waals surface area contributed by atoms with Crippen molar-refractivity contribution in [3.63, 3.8) is 0 Å². The van der Waals surface area contributed by atoms with Crippen LogP contribution in [0, 0.1) is 15.5 Å². The van der Waals surface area contributed by atoms with Crippen molar-refractivity contribution in [1.82, 2.24) is 0 Å². The van der Waals surface area contributed by atoms with Crippen molar-refractivity contribution in [1.29, 1.82) is 0 Å². The Hall–Kier alpha value is -4.50. The predicted octanol–water partition coefficient (Wildman–Crippen LogP) is 5.11. The van der Waals surface area contributed by atoms with E-state index in [0.717, 1.165) is 5.56 Å². The van der Waals surface area contributed by atoms with Crippen LogP contribution in [-0.2, 0) is 23.9 Å². The Morgan fingerprint density at radius 3 is 2.22 bits per heavy atom. The molecule has 37 heavy (non-hydrogen) atoms. The molecule has 0 aliphatic carbocycles. The maximum Gasteiger partial charge on any atom is 0.326 e. The number of benzene rings is 3. The molecule has 9 nitrogen and oxygen atoms in total. The molecule has 0 amide bonds. The molecule has 0 aromatic heterocycles. The molecule has 0 N–H and O–H groups in total. The highest BCUT2D eigenvalue weighted by molar-refractivity contribution is 6.02. The van der Waals surface area contributed by atoms with Crippen molar-refractivity contribution in [3.05, 3.63) is 119 Å². The number of hydrogen-bond acceptors (Lipinski definition) is 8. The van der Waals surface area contributed by atoms with E-state index in [4.69, 9.17) is 14.3 Å². The third-order valence-electron chi connectivity index (χ3n) is 6.30. The molecule has 1 unspecified atom stereocenters. The molecule has 0 saturated carbocycles. The standard InChI is InChI=1S/C28H26N2O7/c1-3-18-36-27(32)28(26(31)35-2)19-24(20-10-6-4-7-11-20)37-29(22-12-8-5-9-13-22)25(28)21-14-16-23(17-15-21)30(33)34/h3-17,24-25H,1,18-19H2,2H3/t24-,25-,28?/m1/s1. The molecule has 3 aromatic rings. The first-order chi connectivity index (χ1) is 17.9. The van der Waals surface area contributed by atoms with E-state index in [2.05, 4.69) is 6.58 Å². The largest absolute Gasteiger partial charge is 0.468 e. The van der Waals surface area contributed by atoms with Crippen LogP contribution in [0.4, 0.5) is 11.4 Å². The lowest BCUT2D eigenvalue weighted by atomic mass is 9.70. The van der Waals surface area contributed by atoms with Crippen LogP contribution in [0.3, 0.4) is 0 Å². The van der Waals surface area contributed by atoms with Crippen LogP contribution < -0.4 is 5.06 Å². The molecule has 4 rings (SSSR count). The molecule has 1 aliphatic rings. The Morgan fingerprint density at radius 2 is 1.65 bits per heavy atom. The Balaban J connectivity index is 1.97. The van der Waals surface area contributed by atoms with Gasteiger partial charge in [0.25, 0.3) is 5.69 Å². The minimum absolute atomic E-state index is 0.0926. The van der Waals surface area contributed by atoms with Gasteiger partial charge in [0.15, 0.2) is 5.41 Å². The SMILES string of the molecule is C=CCOC(=O)C1(C(=O)OC)C[C@H](c2ccccc2)ON(c2ccccc2)[C@@H]1c1ccc([N+](=O)[O-])cc1. The number of carbonyl (C=O) groups is 2. The molecule has 1 aliphatic heterocycles. The second kappa shape index (κ2) is 11.0. The fraction of sp³-hybridized carbons (Fsp3) is 0.214. The summed E-state index contributed by atoms with van der Waals surface area (Å²) in [5.41, 5.74) is -0.275. The van der Waals surface area contributed by atoms with Crippen LogP contribution in [-0.4, -0.2) is 30.6 Å². The molecular weight excluding hydrogens is 476 g/mol. The maximum atomic E-state index is 13.8. The van der Waals surface area contributed by atoms with E-state index < -0.39 is 34.4 Å². The van der Waals surface area contributed by atoms with Gasteiger partial charge in [-0.05, 0) is 35.4 Å². The van der Waals surface area contributed by atoms with Crippen molar-refractivity contribution in [2.75, 3.05) is 18.8 Å². The van der Waals surface area contributed by atoms with Gasteiger partial charge < -0.3 is 9.47 Å². The average molecular weight is 503 g/mol. The van der Waals surface area contributed by atoms with Crippen molar-refractivity contribution >= 4 is 23.3 Å².